The van der Waals surface area contributed by atoms with Crippen molar-refractivity contribution >= 4 is 22.3 Å². The fourth-order valence-corrected chi connectivity index (χ4v) is 5.87. The van der Waals surface area contributed by atoms with Crippen LogP contribution in [0.15, 0.2) is 55.2 Å². The van der Waals surface area contributed by atoms with Crippen LogP contribution in [0.5, 0.6) is 5.75 Å². The number of pyridine rings is 1. The maximum atomic E-state index is 13.3. The Labute approximate surface area is 232 Å². The van der Waals surface area contributed by atoms with Crippen molar-refractivity contribution in [3.8, 4) is 17.1 Å². The summed E-state index contributed by atoms with van der Waals surface area (Å²) in [6, 6.07) is 12.4. The molecule has 0 bridgehead atoms. The summed E-state index contributed by atoms with van der Waals surface area (Å²) in [5, 5.41) is 10.3. The normalized spacial score (nSPS) is 17.6. The molecule has 1 aliphatic carbocycles. The second-order valence-electron chi connectivity index (χ2n) is 11.2. The van der Waals surface area contributed by atoms with Gasteiger partial charge in [0.25, 0.3) is 5.91 Å². The van der Waals surface area contributed by atoms with E-state index in [1.165, 1.54) is 19.2 Å². The molecule has 10 heteroatoms. The van der Waals surface area contributed by atoms with E-state index in [9.17, 15) is 4.79 Å². The number of para-hydroxylation sites is 1. The van der Waals surface area contributed by atoms with Crippen LogP contribution in [-0.4, -0.2) is 65.5 Å². The van der Waals surface area contributed by atoms with Gasteiger partial charge in [-0.2, -0.15) is 10.2 Å². The number of rotatable bonds is 8. The smallest absolute Gasteiger partial charge is 0.255 e. The Balaban J connectivity index is 1.25. The maximum Gasteiger partial charge on any atom is 0.255 e. The number of ether oxygens (including phenoxy) is 1. The molecule has 2 N–H and O–H groups in total. The van der Waals surface area contributed by atoms with E-state index in [1.54, 1.807) is 11.0 Å². The van der Waals surface area contributed by atoms with Gasteiger partial charge in [0.05, 0.1) is 28.8 Å². The first-order valence-corrected chi connectivity index (χ1v) is 14.2. The number of benzene rings is 1. The lowest BCUT2D eigenvalue weighted by atomic mass is 10.1. The van der Waals surface area contributed by atoms with Crippen molar-refractivity contribution < 1.29 is 9.53 Å². The molecule has 40 heavy (non-hydrogen) atoms. The summed E-state index contributed by atoms with van der Waals surface area (Å²) in [7, 11) is 0. The summed E-state index contributed by atoms with van der Waals surface area (Å²) in [5.74, 6) is 1.54. The summed E-state index contributed by atoms with van der Waals surface area (Å²) in [6.45, 7) is 5.51. The van der Waals surface area contributed by atoms with Crippen LogP contribution in [-0.2, 0) is 13.1 Å². The molecule has 1 saturated carbocycles. The summed E-state index contributed by atoms with van der Waals surface area (Å²) < 4.78 is 12.3. The number of hydrogen-bond donors (Lipinski definition) is 1. The first kappa shape index (κ1) is 24.8. The first-order chi connectivity index (χ1) is 19.5. The number of likely N-dealkylation sites (tertiary alicyclic amines) is 1. The zero-order valence-corrected chi connectivity index (χ0v) is 22.7. The topological polar surface area (TPSA) is 108 Å². The van der Waals surface area contributed by atoms with E-state index < -0.39 is 0 Å². The van der Waals surface area contributed by atoms with Gasteiger partial charge in [-0.1, -0.05) is 12.1 Å². The Morgan fingerprint density at radius 3 is 2.88 bits per heavy atom. The highest BCUT2D eigenvalue weighted by molar-refractivity contribution is 5.95. The Kier molecular flexibility index (Phi) is 6.27. The summed E-state index contributed by atoms with van der Waals surface area (Å²) in [5.41, 5.74) is 12.0. The molecule has 1 unspecified atom stereocenters. The minimum Gasteiger partial charge on any atom is -0.489 e. The third-order valence-corrected chi connectivity index (χ3v) is 8.18. The lowest BCUT2D eigenvalue weighted by molar-refractivity contribution is 0.0708. The third kappa shape index (κ3) is 4.62. The fraction of sp³-hybridized carbons (Fsp3) is 0.400. The van der Waals surface area contributed by atoms with Gasteiger partial charge in [-0.3, -0.25) is 4.79 Å². The minimum atomic E-state index is 0.0160. The summed E-state index contributed by atoms with van der Waals surface area (Å²) in [4.78, 5) is 19.1. The number of piperidine rings is 1. The van der Waals surface area contributed by atoms with Crippen LogP contribution in [0.1, 0.15) is 41.6 Å². The van der Waals surface area contributed by atoms with E-state index in [0.29, 0.717) is 31.2 Å². The molecule has 1 aromatic carbocycles. The summed E-state index contributed by atoms with van der Waals surface area (Å²) >= 11 is 0. The Morgan fingerprint density at radius 1 is 1.18 bits per heavy atom. The van der Waals surface area contributed by atoms with Crippen LogP contribution in [0.2, 0.25) is 0 Å². The van der Waals surface area contributed by atoms with Crippen molar-refractivity contribution in [2.45, 2.75) is 51.7 Å². The number of nitrogens with two attached hydrogens (primary N) is 1. The molecular formula is C30H34N8O2. The van der Waals surface area contributed by atoms with E-state index in [2.05, 4.69) is 33.7 Å². The predicted molar refractivity (Wildman–Crippen MR) is 152 cm³/mol. The second kappa shape index (κ2) is 10.1. The number of amides is 1. The van der Waals surface area contributed by atoms with Crippen LogP contribution < -0.4 is 10.5 Å². The zero-order valence-electron chi connectivity index (χ0n) is 22.7. The van der Waals surface area contributed by atoms with Crippen molar-refractivity contribution in [2.75, 3.05) is 19.7 Å². The largest absolute Gasteiger partial charge is 0.489 e. The lowest BCUT2D eigenvalue weighted by Crippen LogP contribution is -2.45. The van der Waals surface area contributed by atoms with Crippen LogP contribution >= 0.6 is 0 Å². The number of nitrogens with zero attached hydrogens (tertiary/aromatic N) is 7. The molecule has 1 aliphatic heterocycles. The Hall–Kier alpha value is -4.18. The molecule has 4 aromatic heterocycles. The molecule has 1 saturated heterocycles. The molecule has 2 fully saturated rings. The van der Waals surface area contributed by atoms with E-state index in [0.717, 1.165) is 65.1 Å². The highest BCUT2D eigenvalue weighted by Crippen LogP contribution is 2.39. The van der Waals surface area contributed by atoms with Crippen molar-refractivity contribution in [3.63, 3.8) is 0 Å². The van der Waals surface area contributed by atoms with Crippen LogP contribution in [0.3, 0.4) is 0 Å². The van der Waals surface area contributed by atoms with Gasteiger partial charge in [-0.15, -0.1) is 0 Å². The number of fused-ring (bicyclic) bond motifs is 2. The molecule has 0 spiro atoms. The SMILES string of the molecule is Cc1c(-c2cc3cccc(OCCn4cncn4)c3n2CC2CC2)nn2cc(C(=O)N3CCCC(N)C3)ccc12. The van der Waals surface area contributed by atoms with Gasteiger partial charge in [-0.25, -0.2) is 14.2 Å². The lowest BCUT2D eigenvalue weighted by Gasteiger charge is -2.30. The zero-order chi connectivity index (χ0) is 27.2. The van der Waals surface area contributed by atoms with Crippen molar-refractivity contribution in [3.05, 3.63) is 66.4 Å². The maximum absolute atomic E-state index is 13.3. The number of aromatic nitrogens is 6. The molecule has 0 radical (unpaired) electrons. The second-order valence-corrected chi connectivity index (χ2v) is 11.2. The highest BCUT2D eigenvalue weighted by atomic mass is 16.5. The quantitative estimate of drug-likeness (QED) is 0.321. The van der Waals surface area contributed by atoms with Gasteiger partial charge in [0.1, 0.15) is 30.7 Å². The van der Waals surface area contributed by atoms with E-state index >= 15 is 0 Å². The number of carbonyl (C=O) groups excluding carboxylic acids is 1. The molecule has 5 aromatic rings. The van der Waals surface area contributed by atoms with Gasteiger partial charge in [0.15, 0.2) is 0 Å². The molecule has 1 atom stereocenters. The van der Waals surface area contributed by atoms with Crippen LogP contribution in [0.4, 0.5) is 0 Å². The molecule has 1 amide bonds. The van der Waals surface area contributed by atoms with E-state index in [1.807, 2.05) is 39.9 Å². The third-order valence-electron chi connectivity index (χ3n) is 8.18. The van der Waals surface area contributed by atoms with Crippen LogP contribution in [0, 0.1) is 12.8 Å². The van der Waals surface area contributed by atoms with Gasteiger partial charge in [0.2, 0.25) is 0 Å². The summed E-state index contributed by atoms with van der Waals surface area (Å²) in [6.07, 6.45) is 9.48. The average molecular weight is 539 g/mol. The van der Waals surface area contributed by atoms with Gasteiger partial charge in [0, 0.05) is 42.8 Å². The van der Waals surface area contributed by atoms with Crippen LogP contribution in [0.25, 0.3) is 27.8 Å². The minimum absolute atomic E-state index is 0.0160. The molecule has 2 aliphatic rings. The van der Waals surface area contributed by atoms with Gasteiger partial charge in [-0.05, 0) is 62.8 Å². The Morgan fingerprint density at radius 2 is 2.08 bits per heavy atom. The molecule has 5 heterocycles. The first-order valence-electron chi connectivity index (χ1n) is 14.2. The Bertz CT molecular complexity index is 1680. The predicted octanol–water partition coefficient (Wildman–Crippen LogP) is 3.91. The van der Waals surface area contributed by atoms with E-state index in [4.69, 9.17) is 15.6 Å². The monoisotopic (exact) mass is 538 g/mol. The van der Waals surface area contributed by atoms with E-state index in [-0.39, 0.29) is 11.9 Å². The van der Waals surface area contributed by atoms with Crippen molar-refractivity contribution in [1.29, 1.82) is 0 Å². The van der Waals surface area contributed by atoms with Gasteiger partial charge >= 0.3 is 0 Å². The average Bonchev–Trinajstić information content (AvgIpc) is 3.33. The number of carbonyl (C=O) groups is 1. The number of aryl methyl sites for hydroxylation is 1. The molecular weight excluding hydrogens is 504 g/mol. The van der Waals surface area contributed by atoms with Crippen molar-refractivity contribution in [1.82, 2.24) is 33.8 Å². The standard InChI is InChI=1S/C30H34N8O2/c1-20-25-10-9-23(30(39)35-11-3-5-24(31)17-35)16-38(25)34-28(20)26-14-22-4-2-6-27(29(22)37(26)15-21-7-8-21)40-13-12-36-19-32-18-33-36/h2,4,6,9-10,14,16,18-19,21,24H,3,5,7-8,11-13,15,17,31H2,1H3. The fourth-order valence-electron chi connectivity index (χ4n) is 5.87. The number of hydrogen-bond acceptors (Lipinski definition) is 6. The molecule has 206 valence electrons. The van der Waals surface area contributed by atoms with Gasteiger partial charge < -0.3 is 19.9 Å². The van der Waals surface area contributed by atoms with Crippen molar-refractivity contribution in [2.24, 2.45) is 11.7 Å². The molecule has 7 rings (SSSR count). The highest BCUT2D eigenvalue weighted by Gasteiger charge is 2.27. The molecule has 10 nitrogen and oxygen atoms in total.